The molecule has 1 atom stereocenters. The Morgan fingerprint density at radius 1 is 1.11 bits per heavy atom. The molecule has 0 saturated carbocycles. The number of carbonyl (C=O) groups is 2. The highest BCUT2D eigenvalue weighted by molar-refractivity contribution is 7.99. The number of amides is 2. The van der Waals surface area contributed by atoms with Crippen molar-refractivity contribution in [1.82, 2.24) is 29.9 Å². The quantitative estimate of drug-likeness (QED) is 0.731. The molecule has 1 fully saturated rings. The molecule has 28 heavy (non-hydrogen) atoms. The van der Waals surface area contributed by atoms with Crippen molar-refractivity contribution in [3.8, 4) is 0 Å². The van der Waals surface area contributed by atoms with Crippen LogP contribution in [0.3, 0.4) is 0 Å². The number of thioether (sulfide) groups is 1. The van der Waals surface area contributed by atoms with Crippen molar-refractivity contribution in [3.05, 3.63) is 41.7 Å². The summed E-state index contributed by atoms with van der Waals surface area (Å²) in [5.74, 6) is 0.947. The second-order valence-electron chi connectivity index (χ2n) is 6.93. The van der Waals surface area contributed by atoms with E-state index in [1.165, 1.54) is 11.8 Å². The minimum atomic E-state index is -0.298. The molecule has 1 saturated heterocycles. The minimum absolute atomic E-state index is 0.119. The third-order valence-corrected chi connectivity index (χ3v) is 5.83. The Hall–Kier alpha value is -2.39. The fraction of sp³-hybridized carbons (Fsp3) is 0.474. The molecule has 8 nitrogen and oxygen atoms in total. The van der Waals surface area contributed by atoms with Crippen LogP contribution in [0, 0.1) is 0 Å². The van der Waals surface area contributed by atoms with E-state index >= 15 is 0 Å². The molecule has 150 valence electrons. The summed E-state index contributed by atoms with van der Waals surface area (Å²) in [5.41, 5.74) is 0.601. The predicted molar refractivity (Wildman–Crippen MR) is 108 cm³/mol. The summed E-state index contributed by atoms with van der Waals surface area (Å²) in [5, 5.41) is 12.0. The number of aromatic nitrogens is 3. The molecule has 1 aliphatic heterocycles. The molecule has 0 bridgehead atoms. The van der Waals surface area contributed by atoms with Gasteiger partial charge in [0.15, 0.2) is 11.0 Å². The van der Waals surface area contributed by atoms with Gasteiger partial charge in [-0.1, -0.05) is 30.0 Å². The highest BCUT2D eigenvalue weighted by atomic mass is 32.2. The van der Waals surface area contributed by atoms with Gasteiger partial charge in [0, 0.05) is 38.8 Å². The van der Waals surface area contributed by atoms with Crippen LogP contribution in [0.4, 0.5) is 0 Å². The van der Waals surface area contributed by atoms with E-state index in [1.807, 2.05) is 41.6 Å². The zero-order valence-electron chi connectivity index (χ0n) is 16.5. The van der Waals surface area contributed by atoms with Gasteiger partial charge in [-0.15, -0.1) is 10.2 Å². The smallest absolute Gasteiger partial charge is 0.251 e. The van der Waals surface area contributed by atoms with E-state index in [0.29, 0.717) is 22.3 Å². The van der Waals surface area contributed by atoms with Gasteiger partial charge in [0.05, 0.1) is 11.8 Å². The second-order valence-corrected chi connectivity index (χ2v) is 7.88. The zero-order chi connectivity index (χ0) is 20.1. The maximum Gasteiger partial charge on any atom is 0.251 e. The third-order valence-electron chi connectivity index (χ3n) is 4.82. The van der Waals surface area contributed by atoms with Gasteiger partial charge >= 0.3 is 0 Å². The Morgan fingerprint density at radius 2 is 1.79 bits per heavy atom. The topological polar surface area (TPSA) is 83.4 Å². The van der Waals surface area contributed by atoms with Crippen LogP contribution in [0.15, 0.2) is 35.5 Å². The van der Waals surface area contributed by atoms with Crippen molar-refractivity contribution in [1.29, 1.82) is 0 Å². The molecular weight excluding hydrogens is 376 g/mol. The number of piperazine rings is 1. The van der Waals surface area contributed by atoms with Gasteiger partial charge in [-0.2, -0.15) is 0 Å². The Balaban J connectivity index is 1.55. The van der Waals surface area contributed by atoms with Crippen molar-refractivity contribution in [2.75, 3.05) is 39.0 Å². The Kier molecular flexibility index (Phi) is 6.69. The molecule has 1 N–H and O–H groups in total. The third kappa shape index (κ3) is 4.90. The summed E-state index contributed by atoms with van der Waals surface area (Å²) in [6, 6.07) is 8.76. The van der Waals surface area contributed by atoms with Crippen molar-refractivity contribution in [3.63, 3.8) is 0 Å². The summed E-state index contributed by atoms with van der Waals surface area (Å²) >= 11 is 1.37. The highest BCUT2D eigenvalue weighted by Gasteiger charge is 2.22. The van der Waals surface area contributed by atoms with E-state index in [4.69, 9.17) is 0 Å². The predicted octanol–water partition coefficient (Wildman–Crippen LogP) is 1.17. The average Bonchev–Trinajstić information content (AvgIpc) is 3.08. The maximum absolute atomic E-state index is 12.4. The fourth-order valence-corrected chi connectivity index (χ4v) is 3.86. The lowest BCUT2D eigenvalue weighted by molar-refractivity contribution is -0.129. The van der Waals surface area contributed by atoms with E-state index in [0.717, 1.165) is 26.2 Å². The lowest BCUT2D eigenvalue weighted by atomic mass is 10.2. The van der Waals surface area contributed by atoms with E-state index in [1.54, 1.807) is 12.1 Å². The molecule has 0 radical (unpaired) electrons. The monoisotopic (exact) mass is 402 g/mol. The van der Waals surface area contributed by atoms with Gasteiger partial charge in [-0.3, -0.25) is 9.59 Å². The van der Waals surface area contributed by atoms with Gasteiger partial charge in [0.2, 0.25) is 5.91 Å². The van der Waals surface area contributed by atoms with Crippen LogP contribution in [0.5, 0.6) is 0 Å². The summed E-state index contributed by atoms with van der Waals surface area (Å²) in [7, 11) is 3.92. The number of carbonyl (C=O) groups excluding carboxylic acids is 2. The number of hydrogen-bond donors (Lipinski definition) is 1. The van der Waals surface area contributed by atoms with E-state index in [-0.39, 0.29) is 17.9 Å². The van der Waals surface area contributed by atoms with Gasteiger partial charge in [-0.05, 0) is 26.1 Å². The number of nitrogens with one attached hydrogen (secondary N) is 1. The molecule has 2 heterocycles. The molecule has 2 amide bonds. The summed E-state index contributed by atoms with van der Waals surface area (Å²) < 4.78 is 1.83. The lowest BCUT2D eigenvalue weighted by Gasteiger charge is -2.32. The average molecular weight is 403 g/mol. The number of likely N-dealkylation sites (N-methyl/N-ethyl adjacent to an activating group) is 1. The van der Waals surface area contributed by atoms with Crippen LogP contribution >= 0.6 is 11.8 Å². The largest absolute Gasteiger partial charge is 0.342 e. The number of rotatable bonds is 6. The molecule has 9 heteroatoms. The van der Waals surface area contributed by atoms with E-state index in [9.17, 15) is 9.59 Å². The first-order chi connectivity index (χ1) is 13.5. The number of hydrogen-bond acceptors (Lipinski definition) is 6. The molecule has 0 aliphatic carbocycles. The van der Waals surface area contributed by atoms with Crippen LogP contribution in [0.25, 0.3) is 0 Å². The first-order valence-corrected chi connectivity index (χ1v) is 10.3. The number of benzene rings is 1. The Bertz CT molecular complexity index is 817. The molecule has 0 spiro atoms. The van der Waals surface area contributed by atoms with Crippen molar-refractivity contribution >= 4 is 23.6 Å². The van der Waals surface area contributed by atoms with Gasteiger partial charge < -0.3 is 19.7 Å². The SMILES string of the molecule is CC(NC(=O)c1ccccc1)c1nnc(SCC(=O)N2CCN(C)CC2)n1C. The van der Waals surface area contributed by atoms with Crippen LogP contribution < -0.4 is 5.32 Å². The first-order valence-electron chi connectivity index (χ1n) is 9.30. The minimum Gasteiger partial charge on any atom is -0.342 e. The molecular formula is C19H26N6O2S. The van der Waals surface area contributed by atoms with Crippen molar-refractivity contribution < 1.29 is 9.59 Å². The van der Waals surface area contributed by atoms with Crippen molar-refractivity contribution in [2.24, 2.45) is 7.05 Å². The van der Waals surface area contributed by atoms with Crippen molar-refractivity contribution in [2.45, 2.75) is 18.1 Å². The second kappa shape index (κ2) is 9.20. The Morgan fingerprint density at radius 3 is 2.46 bits per heavy atom. The zero-order valence-corrected chi connectivity index (χ0v) is 17.3. The highest BCUT2D eigenvalue weighted by Crippen LogP contribution is 2.20. The Labute approximate surface area is 169 Å². The molecule has 1 aromatic carbocycles. The summed E-state index contributed by atoms with van der Waals surface area (Å²) in [6.45, 7) is 5.21. The fourth-order valence-electron chi connectivity index (χ4n) is 3.04. The van der Waals surface area contributed by atoms with Crippen LogP contribution in [0.1, 0.15) is 29.1 Å². The summed E-state index contributed by atoms with van der Waals surface area (Å²) in [6.07, 6.45) is 0. The molecule has 3 rings (SSSR count). The van der Waals surface area contributed by atoms with Crippen LogP contribution in [0.2, 0.25) is 0 Å². The molecule has 1 aromatic heterocycles. The van der Waals surface area contributed by atoms with E-state index < -0.39 is 0 Å². The van der Waals surface area contributed by atoms with Crippen LogP contribution in [-0.4, -0.2) is 75.4 Å². The van der Waals surface area contributed by atoms with Gasteiger partial charge in [-0.25, -0.2) is 0 Å². The molecule has 1 aliphatic rings. The lowest BCUT2D eigenvalue weighted by Crippen LogP contribution is -2.47. The molecule has 2 aromatic rings. The van der Waals surface area contributed by atoms with Gasteiger partial charge in [0.1, 0.15) is 0 Å². The normalized spacial score (nSPS) is 16.0. The summed E-state index contributed by atoms with van der Waals surface area (Å²) in [4.78, 5) is 28.9. The van der Waals surface area contributed by atoms with E-state index in [2.05, 4.69) is 27.5 Å². The van der Waals surface area contributed by atoms with Crippen LogP contribution in [-0.2, 0) is 11.8 Å². The van der Waals surface area contributed by atoms with Gasteiger partial charge in [0.25, 0.3) is 5.91 Å². The maximum atomic E-state index is 12.4. The standard InChI is InChI=1S/C19H26N6O2S/c1-14(20-18(27)15-7-5-4-6-8-15)17-21-22-19(24(17)3)28-13-16(26)25-11-9-23(2)10-12-25/h4-8,14H,9-13H2,1-3H3,(H,20,27). The first kappa shape index (κ1) is 20.3. The molecule has 1 unspecified atom stereocenters. The number of nitrogens with zero attached hydrogens (tertiary/aromatic N) is 5.